The highest BCUT2D eigenvalue weighted by atomic mass is 16.5. The van der Waals surface area contributed by atoms with Crippen molar-refractivity contribution in [3.8, 4) is 0 Å². The summed E-state index contributed by atoms with van der Waals surface area (Å²) in [5, 5.41) is 14.2. The summed E-state index contributed by atoms with van der Waals surface area (Å²) in [4.78, 5) is 22.3. The van der Waals surface area contributed by atoms with Crippen LogP contribution in [0.15, 0.2) is 24.3 Å². The fourth-order valence-electron chi connectivity index (χ4n) is 1.52. The monoisotopic (exact) mass is 280 g/mol. The molecule has 0 radical (unpaired) electrons. The molecule has 0 fully saturated rings. The van der Waals surface area contributed by atoms with Crippen molar-refractivity contribution in [2.24, 2.45) is 0 Å². The Kier molecular flexibility index (Phi) is 6.52. The van der Waals surface area contributed by atoms with Crippen molar-refractivity contribution in [1.82, 2.24) is 10.6 Å². The lowest BCUT2D eigenvalue weighted by Crippen LogP contribution is -2.37. The lowest BCUT2D eigenvalue weighted by molar-refractivity contribution is 0.0696. The second-order valence-electron chi connectivity index (χ2n) is 4.53. The van der Waals surface area contributed by atoms with E-state index in [1.54, 1.807) is 12.1 Å². The number of aromatic carboxylic acids is 1. The number of carboxylic acids is 1. The van der Waals surface area contributed by atoms with Gasteiger partial charge in [-0.2, -0.15) is 0 Å². The number of ether oxygens (including phenoxy) is 1. The van der Waals surface area contributed by atoms with Crippen LogP contribution >= 0.6 is 0 Å². The molecule has 6 nitrogen and oxygen atoms in total. The number of urea groups is 1. The number of hydrogen-bond donors (Lipinski definition) is 3. The summed E-state index contributed by atoms with van der Waals surface area (Å²) < 4.78 is 5.29. The third kappa shape index (κ3) is 6.19. The first-order valence-corrected chi connectivity index (χ1v) is 6.44. The van der Waals surface area contributed by atoms with Crippen LogP contribution in [0.1, 0.15) is 29.8 Å². The van der Waals surface area contributed by atoms with Crippen LogP contribution < -0.4 is 10.6 Å². The zero-order chi connectivity index (χ0) is 15.0. The molecule has 2 amide bonds. The number of carbonyl (C=O) groups is 2. The second-order valence-corrected chi connectivity index (χ2v) is 4.53. The van der Waals surface area contributed by atoms with Crippen LogP contribution in [-0.2, 0) is 11.3 Å². The molecular weight excluding hydrogens is 260 g/mol. The number of carboxylic acid groups (broad SMARTS) is 1. The molecule has 0 saturated carbocycles. The summed E-state index contributed by atoms with van der Waals surface area (Å²) in [6, 6.07) is 6.14. The molecule has 0 aliphatic heterocycles. The van der Waals surface area contributed by atoms with Gasteiger partial charge < -0.3 is 20.5 Å². The Morgan fingerprint density at radius 3 is 2.70 bits per heavy atom. The molecule has 110 valence electrons. The molecule has 1 aromatic rings. The van der Waals surface area contributed by atoms with Gasteiger partial charge in [-0.3, -0.25) is 0 Å². The van der Waals surface area contributed by atoms with Crippen LogP contribution in [-0.4, -0.2) is 36.4 Å². The van der Waals surface area contributed by atoms with E-state index in [4.69, 9.17) is 9.84 Å². The standard InChI is InChI=1S/C14H20N2O4/c1-10(2)20-7-6-15-14(19)16-9-11-4-3-5-12(8-11)13(17)18/h3-5,8,10H,6-7,9H2,1-2H3,(H,17,18)(H2,15,16,19). The number of carbonyl (C=O) groups excluding carboxylic acids is 1. The zero-order valence-corrected chi connectivity index (χ0v) is 11.7. The summed E-state index contributed by atoms with van der Waals surface area (Å²) in [6.07, 6.45) is 0.138. The number of nitrogens with one attached hydrogen (secondary N) is 2. The molecule has 0 aromatic heterocycles. The number of hydrogen-bond acceptors (Lipinski definition) is 3. The van der Waals surface area contributed by atoms with Crippen molar-refractivity contribution >= 4 is 12.0 Å². The van der Waals surface area contributed by atoms with Crippen molar-refractivity contribution in [3.63, 3.8) is 0 Å². The molecule has 0 spiro atoms. The molecule has 0 heterocycles. The molecule has 3 N–H and O–H groups in total. The van der Waals surface area contributed by atoms with Crippen molar-refractivity contribution in [1.29, 1.82) is 0 Å². The number of benzene rings is 1. The Hall–Kier alpha value is -2.08. The first-order chi connectivity index (χ1) is 9.49. The predicted molar refractivity (Wildman–Crippen MR) is 74.7 cm³/mol. The average molecular weight is 280 g/mol. The van der Waals surface area contributed by atoms with E-state index in [1.807, 2.05) is 13.8 Å². The van der Waals surface area contributed by atoms with Gasteiger partial charge in [0, 0.05) is 13.1 Å². The molecule has 0 saturated heterocycles. The molecular formula is C14H20N2O4. The molecule has 0 atom stereocenters. The lowest BCUT2D eigenvalue weighted by atomic mass is 10.1. The maximum Gasteiger partial charge on any atom is 0.335 e. The molecule has 0 aliphatic rings. The maximum absolute atomic E-state index is 11.5. The fraction of sp³-hybridized carbons (Fsp3) is 0.429. The predicted octanol–water partition coefficient (Wildman–Crippen LogP) is 1.61. The highest BCUT2D eigenvalue weighted by molar-refractivity contribution is 5.87. The van der Waals surface area contributed by atoms with Gasteiger partial charge in [0.05, 0.1) is 18.3 Å². The van der Waals surface area contributed by atoms with E-state index in [2.05, 4.69) is 10.6 Å². The molecule has 1 aromatic carbocycles. The van der Waals surface area contributed by atoms with E-state index in [0.717, 1.165) is 5.56 Å². The van der Waals surface area contributed by atoms with Crippen molar-refractivity contribution in [2.75, 3.05) is 13.2 Å². The minimum absolute atomic E-state index is 0.138. The third-order valence-corrected chi connectivity index (χ3v) is 2.47. The summed E-state index contributed by atoms with van der Waals surface area (Å²) in [7, 11) is 0. The molecule has 0 unspecified atom stereocenters. The van der Waals surface area contributed by atoms with Crippen LogP contribution in [0.4, 0.5) is 4.79 Å². The van der Waals surface area contributed by atoms with E-state index in [0.29, 0.717) is 13.2 Å². The summed E-state index contributed by atoms with van der Waals surface area (Å²) in [5.41, 5.74) is 0.938. The maximum atomic E-state index is 11.5. The Bertz CT molecular complexity index is 460. The minimum atomic E-state index is -0.984. The molecule has 20 heavy (non-hydrogen) atoms. The first-order valence-electron chi connectivity index (χ1n) is 6.44. The Morgan fingerprint density at radius 2 is 2.05 bits per heavy atom. The van der Waals surface area contributed by atoms with Gasteiger partial charge in [-0.25, -0.2) is 9.59 Å². The normalized spacial score (nSPS) is 10.3. The van der Waals surface area contributed by atoms with Crippen LogP contribution in [0.25, 0.3) is 0 Å². The third-order valence-electron chi connectivity index (χ3n) is 2.47. The largest absolute Gasteiger partial charge is 0.478 e. The van der Waals surface area contributed by atoms with Gasteiger partial charge in [0.2, 0.25) is 0 Å². The number of rotatable bonds is 7. The van der Waals surface area contributed by atoms with E-state index < -0.39 is 5.97 Å². The Labute approximate surface area is 118 Å². The molecule has 0 aliphatic carbocycles. The summed E-state index contributed by atoms with van der Waals surface area (Å²) in [5.74, 6) is -0.984. The van der Waals surface area contributed by atoms with Gasteiger partial charge in [-0.15, -0.1) is 0 Å². The van der Waals surface area contributed by atoms with E-state index in [1.165, 1.54) is 12.1 Å². The second kappa shape index (κ2) is 8.16. The summed E-state index contributed by atoms with van der Waals surface area (Å²) in [6.45, 7) is 5.02. The van der Waals surface area contributed by atoms with Crippen LogP contribution in [0.5, 0.6) is 0 Å². The molecule has 6 heteroatoms. The quantitative estimate of drug-likeness (QED) is 0.662. The highest BCUT2D eigenvalue weighted by Gasteiger charge is 2.04. The van der Waals surface area contributed by atoms with Crippen LogP contribution in [0, 0.1) is 0 Å². The smallest absolute Gasteiger partial charge is 0.335 e. The van der Waals surface area contributed by atoms with Gasteiger partial charge in [-0.1, -0.05) is 12.1 Å². The molecule has 1 rings (SSSR count). The van der Waals surface area contributed by atoms with Crippen molar-refractivity contribution in [2.45, 2.75) is 26.5 Å². The SMILES string of the molecule is CC(C)OCCNC(=O)NCc1cccc(C(=O)O)c1. The fourth-order valence-corrected chi connectivity index (χ4v) is 1.52. The van der Waals surface area contributed by atoms with E-state index in [-0.39, 0.29) is 24.2 Å². The zero-order valence-electron chi connectivity index (χ0n) is 11.7. The van der Waals surface area contributed by atoms with Gasteiger partial charge in [-0.05, 0) is 31.5 Å². The van der Waals surface area contributed by atoms with Crippen molar-refractivity contribution < 1.29 is 19.4 Å². The highest BCUT2D eigenvalue weighted by Crippen LogP contribution is 2.04. The topological polar surface area (TPSA) is 87.7 Å². The Morgan fingerprint density at radius 1 is 1.30 bits per heavy atom. The van der Waals surface area contributed by atoms with E-state index in [9.17, 15) is 9.59 Å². The van der Waals surface area contributed by atoms with Gasteiger partial charge in [0.25, 0.3) is 0 Å². The first kappa shape index (κ1) is 16.0. The van der Waals surface area contributed by atoms with Crippen LogP contribution in [0.2, 0.25) is 0 Å². The van der Waals surface area contributed by atoms with Gasteiger partial charge in [0.1, 0.15) is 0 Å². The van der Waals surface area contributed by atoms with Crippen molar-refractivity contribution in [3.05, 3.63) is 35.4 Å². The Balaban J connectivity index is 2.30. The molecule has 0 bridgehead atoms. The van der Waals surface area contributed by atoms with Gasteiger partial charge >= 0.3 is 12.0 Å². The average Bonchev–Trinajstić information content (AvgIpc) is 2.41. The lowest BCUT2D eigenvalue weighted by Gasteiger charge is -2.10. The summed E-state index contributed by atoms with van der Waals surface area (Å²) >= 11 is 0. The number of amides is 2. The van der Waals surface area contributed by atoms with E-state index >= 15 is 0 Å². The van der Waals surface area contributed by atoms with Gasteiger partial charge in [0.15, 0.2) is 0 Å². The minimum Gasteiger partial charge on any atom is -0.478 e. The van der Waals surface area contributed by atoms with Crippen LogP contribution in [0.3, 0.4) is 0 Å².